The number of fused-ring (bicyclic) bond motifs is 9. The van der Waals surface area contributed by atoms with Crippen LogP contribution in [-0.2, 0) is 20.1 Å². The quantitative estimate of drug-likeness (QED) is 0.0946. The van der Waals surface area contributed by atoms with Crippen LogP contribution in [0.15, 0.2) is 138 Å². The van der Waals surface area contributed by atoms with Crippen molar-refractivity contribution in [3.63, 3.8) is 0 Å². The Morgan fingerprint density at radius 3 is 2.04 bits per heavy atom. The predicted molar refractivity (Wildman–Crippen MR) is 275 cm³/mol. The van der Waals surface area contributed by atoms with Crippen LogP contribution in [0.3, 0.4) is 0 Å². The number of halogens is 2. The van der Waals surface area contributed by atoms with Gasteiger partial charge in [0.15, 0.2) is 0 Å². The van der Waals surface area contributed by atoms with Gasteiger partial charge in [0, 0.05) is 47.5 Å². The Bertz CT molecular complexity index is 3890. The first-order valence-electron chi connectivity index (χ1n) is 24.3. The largest absolute Gasteiger partial charge is 0 e. The van der Waals surface area contributed by atoms with Crippen molar-refractivity contribution in [2.45, 2.75) is 64.6 Å². The van der Waals surface area contributed by atoms with Crippen molar-refractivity contribution < 1.29 is 38.8 Å². The molecule has 0 saturated carbocycles. The van der Waals surface area contributed by atoms with Crippen molar-refractivity contribution >= 4 is 72.3 Å². The Morgan fingerprint density at radius 2 is 1.37 bits per heavy atom. The van der Waals surface area contributed by atoms with Crippen molar-refractivity contribution in [2.75, 3.05) is 0 Å². The van der Waals surface area contributed by atoms with Gasteiger partial charge >= 0.3 is 135 Å². The number of imidazole rings is 1. The number of benzene rings is 7. The zero-order chi connectivity index (χ0) is 50.3. The summed E-state index contributed by atoms with van der Waals surface area (Å²) in [5.74, 6) is 5.39. The van der Waals surface area contributed by atoms with E-state index in [1.807, 2.05) is 56.3 Å². The zero-order valence-corrected chi connectivity index (χ0v) is 43.5. The van der Waals surface area contributed by atoms with E-state index < -0.39 is 31.8 Å². The van der Waals surface area contributed by atoms with E-state index in [0.29, 0.717) is 22.8 Å². The molecule has 11 rings (SSSR count). The molecule has 0 bridgehead atoms. The van der Waals surface area contributed by atoms with Crippen molar-refractivity contribution in [3.8, 4) is 39.6 Å². The van der Waals surface area contributed by atoms with E-state index in [-0.39, 0.29) is 37.0 Å². The summed E-state index contributed by atoms with van der Waals surface area (Å²) in [5.41, 5.74) is 10.1. The Balaban J connectivity index is 0.000000210. The maximum atomic E-state index is 14.8. The first-order chi connectivity index (χ1) is 33.7. The number of hydrogen-bond donors (Lipinski definition) is 0. The predicted octanol–water partition coefficient (Wildman–Crippen LogP) is 15.5. The molecule has 7 aromatic carbocycles. The van der Waals surface area contributed by atoms with E-state index in [4.69, 9.17) is 19.9 Å². The van der Waals surface area contributed by atoms with E-state index in [9.17, 15) is 8.78 Å². The number of aromatic nitrogens is 4. The standard InChI is InChI=1S/C41H27FN3O.C18H23FGeN.Ir/c1-23-17-18-33(39-35(23)32-19-20-34(43-41(32)46-39)26-11-5-4-6-12-26)40-44-36-30-15-9-7-13-28(30)29-14-8-10-16-31(29)38(36)45(40)37-24(2)21-27(42)22-25(37)3;1-12(2)15-10-17(21-11-16(15)20(4,5)6)14-9-7-8-13(3)18(14)19;/h4-17,19-22H,1-3H3;7-8,10-12H,1-6H3;/q2*-1;/i;3D3,12D;. The third-order valence-electron chi connectivity index (χ3n) is 12.6. The molecular formula is C59H50F2GeIrN4O-2. The summed E-state index contributed by atoms with van der Waals surface area (Å²) in [5, 5.41) is 6.31. The molecule has 4 aromatic heterocycles. The van der Waals surface area contributed by atoms with Gasteiger partial charge in [-0.2, -0.15) is 0 Å². The fourth-order valence-electron chi connectivity index (χ4n) is 9.42. The number of rotatable bonds is 6. The van der Waals surface area contributed by atoms with Gasteiger partial charge in [0.1, 0.15) is 5.82 Å². The number of furan rings is 1. The molecule has 0 unspecified atom stereocenters. The summed E-state index contributed by atoms with van der Waals surface area (Å²) in [4.78, 5) is 14.7. The minimum atomic E-state index is -2.54. The molecule has 0 aliphatic carbocycles. The first-order valence-corrected chi connectivity index (χ1v) is 29.7. The summed E-state index contributed by atoms with van der Waals surface area (Å²) >= 11 is -2.28. The van der Waals surface area contributed by atoms with Gasteiger partial charge in [0.2, 0.25) is 5.71 Å². The Morgan fingerprint density at radius 1 is 0.706 bits per heavy atom. The average molecular weight is 1140 g/mol. The van der Waals surface area contributed by atoms with E-state index in [2.05, 4.69) is 100 Å². The normalized spacial score (nSPS) is 13.0. The summed E-state index contributed by atoms with van der Waals surface area (Å²) in [6.07, 6.45) is 1.73. The molecule has 0 N–H and O–H groups in total. The van der Waals surface area contributed by atoms with E-state index in [1.165, 1.54) is 12.1 Å². The molecule has 0 spiro atoms. The maximum absolute atomic E-state index is 14.8. The van der Waals surface area contributed by atoms with Crippen LogP contribution in [-0.4, -0.2) is 32.8 Å². The molecule has 341 valence electrons. The van der Waals surface area contributed by atoms with Crippen LogP contribution in [0.25, 0.3) is 94.2 Å². The Labute approximate surface area is 417 Å². The first kappa shape index (κ1) is 41.8. The topological polar surface area (TPSA) is 56.7 Å². The van der Waals surface area contributed by atoms with Crippen LogP contribution in [0.2, 0.25) is 17.3 Å². The van der Waals surface area contributed by atoms with Gasteiger partial charge in [0.25, 0.3) is 0 Å². The fourth-order valence-corrected chi connectivity index (χ4v) is 12.7. The van der Waals surface area contributed by atoms with E-state index in [1.54, 1.807) is 38.2 Å². The monoisotopic (exact) mass is 1140 g/mol. The summed E-state index contributed by atoms with van der Waals surface area (Å²) in [6.45, 7) is 7.03. The molecule has 0 fully saturated rings. The van der Waals surface area contributed by atoms with Crippen LogP contribution < -0.4 is 4.40 Å². The van der Waals surface area contributed by atoms with Crippen molar-refractivity contribution in [2.24, 2.45) is 0 Å². The smallest absolute Gasteiger partial charge is 0 e. The third kappa shape index (κ3) is 8.16. The number of aryl methyl sites for hydroxylation is 4. The van der Waals surface area contributed by atoms with Gasteiger partial charge in [-0.25, -0.2) is 9.37 Å². The second-order valence-corrected chi connectivity index (χ2v) is 29.0. The maximum Gasteiger partial charge on any atom is 0 e. The zero-order valence-electron chi connectivity index (χ0n) is 43.0. The molecule has 0 amide bonds. The number of hydrogen-bond acceptors (Lipinski definition) is 4. The van der Waals surface area contributed by atoms with Crippen LogP contribution in [0.5, 0.6) is 0 Å². The molecule has 0 aliphatic rings. The molecular weight excluding hydrogens is 1080 g/mol. The molecule has 68 heavy (non-hydrogen) atoms. The molecule has 0 saturated heterocycles. The molecule has 9 heteroatoms. The third-order valence-corrected chi connectivity index (χ3v) is 16.8. The SMILES string of the molecule is Cc1cc(F)cc(C)c1-n1c(-c2[c-]cc(C)c3c2oc2nc(-c4ccccc4)ccc23)nc2c3ccccc3c3ccccc3c21.[2H]C([2H])([2H])c1cc[c-]c(-c2cc(C([2H])(C)C)[c]([Ge]([CH3])([CH3])[CH3])cn2)c1F.[Ir]. The Hall–Kier alpha value is -6.32. The van der Waals surface area contributed by atoms with Gasteiger partial charge < -0.3 is 8.98 Å². The van der Waals surface area contributed by atoms with Crippen molar-refractivity contribution in [3.05, 3.63) is 185 Å². The van der Waals surface area contributed by atoms with Crippen molar-refractivity contribution in [1.29, 1.82) is 0 Å². The minimum Gasteiger partial charge on any atom is 0 e. The fraction of sp³-hybridized carbons (Fsp3) is 0.169. The van der Waals surface area contributed by atoms with Gasteiger partial charge in [-0.1, -0.05) is 96.7 Å². The molecule has 1 radical (unpaired) electrons. The molecule has 0 atom stereocenters. The van der Waals surface area contributed by atoms with Crippen molar-refractivity contribution in [1.82, 2.24) is 19.5 Å². The van der Waals surface area contributed by atoms with Gasteiger partial charge in [0.05, 0.1) is 28.1 Å². The minimum absolute atomic E-state index is 0. The summed E-state index contributed by atoms with van der Waals surface area (Å²) in [6, 6.07) is 46.9. The van der Waals surface area contributed by atoms with Gasteiger partial charge in [-0.05, 0) is 60.0 Å². The second kappa shape index (κ2) is 18.3. The molecule has 0 aliphatic heterocycles. The average Bonchev–Trinajstić information content (AvgIpc) is 3.91. The summed E-state index contributed by atoms with van der Waals surface area (Å²) < 4.78 is 70.3. The molecule has 5 nitrogen and oxygen atoms in total. The van der Waals surface area contributed by atoms with E-state index in [0.717, 1.165) is 92.5 Å². The van der Waals surface area contributed by atoms with Crippen LogP contribution in [0, 0.1) is 51.4 Å². The second-order valence-electron chi connectivity index (χ2n) is 18.5. The van der Waals surface area contributed by atoms with Crippen LogP contribution >= 0.6 is 0 Å². The van der Waals surface area contributed by atoms with E-state index >= 15 is 0 Å². The molecule has 4 heterocycles. The number of nitrogens with zero attached hydrogens (tertiary/aromatic N) is 4. The number of pyridine rings is 2. The van der Waals surface area contributed by atoms with Gasteiger partial charge in [-0.15, -0.1) is 17.7 Å². The van der Waals surface area contributed by atoms with Crippen LogP contribution in [0.1, 0.15) is 53.0 Å². The Kier molecular flexibility index (Phi) is 11.3. The summed E-state index contributed by atoms with van der Waals surface area (Å²) in [7, 11) is 0. The van der Waals surface area contributed by atoms with Gasteiger partial charge in [-0.3, -0.25) is 4.98 Å². The van der Waals surface area contributed by atoms with Crippen LogP contribution in [0.4, 0.5) is 8.78 Å². The molecule has 11 aromatic rings.